The van der Waals surface area contributed by atoms with Crippen molar-refractivity contribution < 1.29 is 24.2 Å². The number of amides is 1. The Hall–Kier alpha value is -3.78. The molecule has 8 nitrogen and oxygen atoms in total. The van der Waals surface area contributed by atoms with E-state index in [2.05, 4.69) is 10.3 Å². The molecule has 0 aliphatic heterocycles. The van der Waals surface area contributed by atoms with E-state index in [4.69, 9.17) is 16.0 Å². The van der Waals surface area contributed by atoms with Gasteiger partial charge in [-0.15, -0.1) is 0 Å². The van der Waals surface area contributed by atoms with Gasteiger partial charge in [-0.3, -0.25) is 4.79 Å². The maximum atomic E-state index is 12.6. The highest BCUT2D eigenvalue weighted by molar-refractivity contribution is 6.32. The zero-order chi connectivity index (χ0) is 23.0. The van der Waals surface area contributed by atoms with Gasteiger partial charge >= 0.3 is 5.63 Å². The van der Waals surface area contributed by atoms with E-state index in [1.807, 2.05) is 24.3 Å². The van der Waals surface area contributed by atoms with Crippen molar-refractivity contribution in [1.29, 1.82) is 0 Å². The Morgan fingerprint density at radius 3 is 2.75 bits per heavy atom. The third-order valence-corrected chi connectivity index (χ3v) is 5.71. The van der Waals surface area contributed by atoms with Crippen molar-refractivity contribution in [2.24, 2.45) is 0 Å². The van der Waals surface area contributed by atoms with Gasteiger partial charge in [-0.1, -0.05) is 29.8 Å². The van der Waals surface area contributed by atoms with Crippen molar-refractivity contribution in [2.75, 3.05) is 0 Å². The summed E-state index contributed by atoms with van der Waals surface area (Å²) in [6.45, 7) is 1.62. The number of aliphatic carboxylic acids is 1. The largest absolute Gasteiger partial charge is 0.548 e. The first-order chi connectivity index (χ1) is 15.2. The Bertz CT molecular complexity index is 1420. The minimum absolute atomic E-state index is 0.0122. The molecule has 0 aliphatic rings. The molecule has 0 spiro atoms. The molecule has 164 valence electrons. The Morgan fingerprint density at radius 2 is 2.00 bits per heavy atom. The zero-order valence-corrected chi connectivity index (χ0v) is 17.7. The number of aromatic amines is 1. The minimum atomic E-state index is -1.44. The lowest BCUT2D eigenvalue weighted by atomic mass is 10.0. The van der Waals surface area contributed by atoms with E-state index in [1.165, 1.54) is 12.1 Å². The molecule has 2 heterocycles. The molecule has 0 bridgehead atoms. The average molecular weight is 454 g/mol. The summed E-state index contributed by atoms with van der Waals surface area (Å²) in [5.41, 5.74) is 1.46. The smallest absolute Gasteiger partial charge is 0.340 e. The molecule has 32 heavy (non-hydrogen) atoms. The summed E-state index contributed by atoms with van der Waals surface area (Å²) < 4.78 is 5.21. The van der Waals surface area contributed by atoms with Gasteiger partial charge in [-0.2, -0.15) is 0 Å². The van der Waals surface area contributed by atoms with Crippen LogP contribution < -0.4 is 16.0 Å². The zero-order valence-electron chi connectivity index (χ0n) is 16.9. The number of carbonyl (C=O) groups excluding carboxylic acids is 2. The number of aromatic hydroxyl groups is 1. The monoisotopic (exact) mass is 453 g/mol. The van der Waals surface area contributed by atoms with Crippen molar-refractivity contribution in [3.05, 3.63) is 74.7 Å². The predicted octanol–water partition coefficient (Wildman–Crippen LogP) is 1.96. The van der Waals surface area contributed by atoms with E-state index in [9.17, 15) is 24.6 Å². The fourth-order valence-electron chi connectivity index (χ4n) is 3.72. The highest BCUT2D eigenvalue weighted by Crippen LogP contribution is 2.30. The molecule has 0 aliphatic carbocycles. The summed E-state index contributed by atoms with van der Waals surface area (Å²) in [6.07, 6.45) is 1.31. The molecule has 9 heteroatoms. The fraction of sp³-hybridized carbons (Fsp3) is 0.174. The van der Waals surface area contributed by atoms with Crippen molar-refractivity contribution in [1.82, 2.24) is 10.3 Å². The van der Waals surface area contributed by atoms with Crippen molar-refractivity contribution in [3.8, 4) is 5.75 Å². The lowest BCUT2D eigenvalue weighted by Crippen LogP contribution is -2.49. The fourth-order valence-corrected chi connectivity index (χ4v) is 3.89. The highest BCUT2D eigenvalue weighted by atomic mass is 35.5. The van der Waals surface area contributed by atoms with Crippen LogP contribution in [-0.4, -0.2) is 28.0 Å². The van der Waals surface area contributed by atoms with Gasteiger partial charge < -0.3 is 29.7 Å². The number of fused-ring (bicyclic) bond motifs is 2. The number of carboxylic acid groups (broad SMARTS) is 1. The normalized spacial score (nSPS) is 12.2. The Morgan fingerprint density at radius 1 is 1.25 bits per heavy atom. The molecule has 1 atom stereocenters. The SMILES string of the molecule is Cc1c(CC(=O)N[C@@H](Cc2c[nH]c3ccccc23)C(=O)[O-])c(=O)oc2cc(O)c(Cl)cc12. The highest BCUT2D eigenvalue weighted by Gasteiger charge is 2.20. The number of carbonyl (C=O) groups is 2. The quantitative estimate of drug-likeness (QED) is 0.382. The summed E-state index contributed by atoms with van der Waals surface area (Å²) in [7, 11) is 0. The molecule has 0 saturated heterocycles. The van der Waals surface area contributed by atoms with Gasteiger partial charge in [0.25, 0.3) is 0 Å². The van der Waals surface area contributed by atoms with Gasteiger partial charge in [0.15, 0.2) is 0 Å². The number of hydrogen-bond donors (Lipinski definition) is 3. The van der Waals surface area contributed by atoms with Gasteiger partial charge in [-0.05, 0) is 30.2 Å². The molecule has 4 aromatic rings. The van der Waals surface area contributed by atoms with Crippen LogP contribution in [0.15, 0.2) is 51.8 Å². The van der Waals surface area contributed by atoms with E-state index < -0.39 is 23.5 Å². The van der Waals surface area contributed by atoms with Gasteiger partial charge in [0.05, 0.1) is 29.0 Å². The number of para-hydroxylation sites is 1. The first-order valence-corrected chi connectivity index (χ1v) is 10.1. The number of aromatic nitrogens is 1. The lowest BCUT2D eigenvalue weighted by molar-refractivity contribution is -0.308. The maximum absolute atomic E-state index is 12.6. The van der Waals surface area contributed by atoms with Crippen LogP contribution in [0.25, 0.3) is 21.9 Å². The molecule has 2 aromatic heterocycles. The van der Waals surface area contributed by atoms with Crippen LogP contribution in [0.4, 0.5) is 0 Å². The maximum Gasteiger partial charge on any atom is 0.340 e. The van der Waals surface area contributed by atoms with E-state index in [0.717, 1.165) is 10.9 Å². The lowest BCUT2D eigenvalue weighted by Gasteiger charge is -2.20. The van der Waals surface area contributed by atoms with Crippen LogP contribution >= 0.6 is 11.6 Å². The average Bonchev–Trinajstić information content (AvgIpc) is 3.15. The van der Waals surface area contributed by atoms with Gasteiger partial charge in [0.2, 0.25) is 5.91 Å². The van der Waals surface area contributed by atoms with Crippen molar-refractivity contribution >= 4 is 45.3 Å². The Labute approximate surface area is 186 Å². The molecule has 4 rings (SSSR count). The number of halogens is 1. The van der Waals surface area contributed by atoms with E-state index in [1.54, 1.807) is 13.1 Å². The van der Waals surface area contributed by atoms with E-state index in [0.29, 0.717) is 16.5 Å². The van der Waals surface area contributed by atoms with Crippen LogP contribution in [0.1, 0.15) is 16.7 Å². The number of hydrogen-bond acceptors (Lipinski definition) is 6. The van der Waals surface area contributed by atoms with Crippen molar-refractivity contribution in [2.45, 2.75) is 25.8 Å². The second kappa shape index (κ2) is 8.39. The number of benzene rings is 2. The summed E-state index contributed by atoms with van der Waals surface area (Å²) in [6, 6.07) is 8.77. The standard InChI is InChI=1S/C23H19ClN2O6/c1-11-14-7-16(24)19(27)9-20(14)32-23(31)15(11)8-21(28)26-18(22(29)30)6-12-10-25-17-5-3-2-4-13(12)17/h2-5,7,9-10,18,25,27H,6,8H2,1H3,(H,26,28)(H,29,30)/p-1/t18-/m0/s1. The summed E-state index contributed by atoms with van der Waals surface area (Å²) in [5, 5.41) is 25.2. The second-order valence-corrected chi connectivity index (χ2v) is 7.88. The van der Waals surface area contributed by atoms with Gasteiger partial charge in [0, 0.05) is 35.0 Å². The number of phenolic OH excluding ortho intramolecular Hbond substituents is 1. The Balaban J connectivity index is 1.57. The third kappa shape index (κ3) is 4.04. The first kappa shape index (κ1) is 21.5. The number of nitrogens with one attached hydrogen (secondary N) is 2. The van der Waals surface area contributed by atoms with Crippen molar-refractivity contribution in [3.63, 3.8) is 0 Å². The number of phenols is 1. The molecule has 3 N–H and O–H groups in total. The summed E-state index contributed by atoms with van der Waals surface area (Å²) in [4.78, 5) is 39.8. The number of aryl methyl sites for hydroxylation is 1. The molecule has 0 radical (unpaired) electrons. The third-order valence-electron chi connectivity index (χ3n) is 5.41. The molecule has 1 amide bonds. The van der Waals surface area contributed by atoms with Gasteiger partial charge in [0.1, 0.15) is 11.3 Å². The molecule has 2 aromatic carbocycles. The first-order valence-electron chi connectivity index (χ1n) is 9.74. The van der Waals surface area contributed by atoms with Gasteiger partial charge in [-0.25, -0.2) is 4.79 Å². The van der Waals surface area contributed by atoms with Crippen LogP contribution in [-0.2, 0) is 22.4 Å². The molecule has 0 unspecified atom stereocenters. The second-order valence-electron chi connectivity index (χ2n) is 7.47. The molecular formula is C23H18ClN2O6-. The van der Waals surface area contributed by atoms with Crippen LogP contribution in [0.5, 0.6) is 5.75 Å². The minimum Gasteiger partial charge on any atom is -0.548 e. The topological polar surface area (TPSA) is 135 Å². The number of carboxylic acids is 1. The number of H-pyrrole nitrogens is 1. The predicted molar refractivity (Wildman–Crippen MR) is 117 cm³/mol. The molecular weight excluding hydrogens is 436 g/mol. The summed E-state index contributed by atoms with van der Waals surface area (Å²) in [5.74, 6) is -2.34. The Kier molecular flexibility index (Phi) is 5.63. The van der Waals surface area contributed by atoms with Crippen LogP contribution in [0, 0.1) is 6.92 Å². The van der Waals surface area contributed by atoms with Crippen LogP contribution in [0.3, 0.4) is 0 Å². The van der Waals surface area contributed by atoms with Crippen LogP contribution in [0.2, 0.25) is 5.02 Å². The van der Waals surface area contributed by atoms with E-state index >= 15 is 0 Å². The molecule has 0 fully saturated rings. The summed E-state index contributed by atoms with van der Waals surface area (Å²) >= 11 is 5.95. The number of rotatable bonds is 6. The van der Waals surface area contributed by atoms with E-state index in [-0.39, 0.29) is 34.8 Å². The molecule has 0 saturated carbocycles.